The second-order valence-corrected chi connectivity index (χ2v) is 4.79. The Morgan fingerprint density at radius 3 is 2.64 bits per heavy atom. The number of amides is 1. The Morgan fingerprint density at radius 2 is 2.05 bits per heavy atom. The van der Waals surface area contributed by atoms with Crippen molar-refractivity contribution < 1.29 is 18.0 Å². The molecule has 1 heterocycles. The maximum atomic E-state index is 12.9. The fourth-order valence-corrected chi connectivity index (χ4v) is 1.87. The lowest BCUT2D eigenvalue weighted by molar-refractivity contribution is -0.136. The van der Waals surface area contributed by atoms with E-state index in [0.29, 0.717) is 6.07 Å². The van der Waals surface area contributed by atoms with Crippen molar-refractivity contribution in [2.75, 3.05) is 5.32 Å². The van der Waals surface area contributed by atoms with Crippen LogP contribution in [0.4, 0.5) is 18.9 Å². The van der Waals surface area contributed by atoms with Gasteiger partial charge in [-0.15, -0.1) is 0 Å². The van der Waals surface area contributed by atoms with Crippen molar-refractivity contribution in [1.82, 2.24) is 9.97 Å². The van der Waals surface area contributed by atoms with Crippen LogP contribution in [0.2, 0.25) is 5.02 Å². The second-order valence-electron chi connectivity index (χ2n) is 4.35. The largest absolute Gasteiger partial charge is 0.418 e. The van der Waals surface area contributed by atoms with Gasteiger partial charge in [-0.1, -0.05) is 11.6 Å². The molecule has 9 heteroatoms. The van der Waals surface area contributed by atoms with E-state index in [1.165, 1.54) is 13.0 Å². The van der Waals surface area contributed by atoms with Crippen LogP contribution in [0.25, 0.3) is 0 Å². The van der Waals surface area contributed by atoms with Gasteiger partial charge in [0.15, 0.2) is 0 Å². The molecule has 2 rings (SSSR count). The molecule has 0 fully saturated rings. The summed E-state index contributed by atoms with van der Waals surface area (Å²) in [4.78, 5) is 29.6. The van der Waals surface area contributed by atoms with Gasteiger partial charge in [-0.3, -0.25) is 9.59 Å². The number of aromatic amines is 1. The van der Waals surface area contributed by atoms with Crippen LogP contribution in [-0.4, -0.2) is 15.9 Å². The summed E-state index contributed by atoms with van der Waals surface area (Å²) >= 11 is 5.54. The molecule has 0 unspecified atom stereocenters. The van der Waals surface area contributed by atoms with E-state index in [-0.39, 0.29) is 10.8 Å². The summed E-state index contributed by atoms with van der Waals surface area (Å²) < 4.78 is 38.8. The molecule has 0 bridgehead atoms. The quantitative estimate of drug-likeness (QED) is 0.888. The molecule has 2 aromatic rings. The van der Waals surface area contributed by atoms with Gasteiger partial charge in [-0.05, 0) is 25.1 Å². The van der Waals surface area contributed by atoms with Crippen LogP contribution < -0.4 is 10.9 Å². The lowest BCUT2D eigenvalue weighted by Crippen LogP contribution is -2.25. The Morgan fingerprint density at radius 1 is 1.36 bits per heavy atom. The van der Waals surface area contributed by atoms with Gasteiger partial charge in [0.25, 0.3) is 11.5 Å². The van der Waals surface area contributed by atoms with Crippen molar-refractivity contribution in [3.8, 4) is 0 Å². The van der Waals surface area contributed by atoms with Crippen molar-refractivity contribution in [2.24, 2.45) is 0 Å². The van der Waals surface area contributed by atoms with E-state index in [1.807, 2.05) is 5.32 Å². The smallest absolute Gasteiger partial charge is 0.321 e. The standard InChI is InChI=1S/C13H9ClF3N3O2/c1-6-18-5-8(11(21)19-6)12(22)20-10-3-2-7(14)4-9(10)13(15,16)17/h2-5H,1H3,(H,20,22)(H,18,19,21). The molecule has 0 aliphatic heterocycles. The lowest BCUT2D eigenvalue weighted by Gasteiger charge is -2.14. The van der Waals surface area contributed by atoms with Gasteiger partial charge in [0.2, 0.25) is 0 Å². The van der Waals surface area contributed by atoms with Gasteiger partial charge in [-0.25, -0.2) is 4.98 Å². The van der Waals surface area contributed by atoms with Crippen LogP contribution >= 0.6 is 11.6 Å². The van der Waals surface area contributed by atoms with Crippen LogP contribution in [0.15, 0.2) is 29.2 Å². The summed E-state index contributed by atoms with van der Waals surface area (Å²) in [5.74, 6) is -0.717. The molecule has 1 amide bonds. The highest BCUT2D eigenvalue weighted by Gasteiger charge is 2.34. The van der Waals surface area contributed by atoms with Gasteiger partial charge in [0, 0.05) is 11.2 Å². The fourth-order valence-electron chi connectivity index (χ4n) is 1.70. The number of carbonyl (C=O) groups is 1. The number of nitrogens with zero attached hydrogens (tertiary/aromatic N) is 1. The summed E-state index contributed by atoms with van der Waals surface area (Å²) in [6, 6.07) is 2.90. The van der Waals surface area contributed by atoms with Crippen LogP contribution in [0.3, 0.4) is 0 Å². The number of nitrogens with one attached hydrogen (secondary N) is 2. The highest BCUT2D eigenvalue weighted by Crippen LogP contribution is 2.36. The number of benzene rings is 1. The van der Waals surface area contributed by atoms with Crippen molar-refractivity contribution >= 4 is 23.2 Å². The Labute approximate surface area is 127 Å². The molecule has 1 aromatic heterocycles. The van der Waals surface area contributed by atoms with Gasteiger partial charge < -0.3 is 10.3 Å². The molecule has 5 nitrogen and oxygen atoms in total. The molecule has 0 aliphatic rings. The van der Waals surface area contributed by atoms with Gasteiger partial charge in [-0.2, -0.15) is 13.2 Å². The SMILES string of the molecule is Cc1ncc(C(=O)Nc2ccc(Cl)cc2C(F)(F)F)c(=O)[nH]1. The second kappa shape index (κ2) is 5.80. The minimum Gasteiger partial charge on any atom is -0.321 e. The zero-order valence-electron chi connectivity index (χ0n) is 11.1. The number of anilines is 1. The van der Waals surface area contributed by atoms with Crippen LogP contribution in [0, 0.1) is 6.92 Å². The van der Waals surface area contributed by atoms with Crippen LogP contribution in [0.1, 0.15) is 21.7 Å². The van der Waals surface area contributed by atoms with E-state index in [2.05, 4.69) is 9.97 Å². The molecule has 0 radical (unpaired) electrons. The van der Waals surface area contributed by atoms with E-state index in [4.69, 9.17) is 11.6 Å². The highest BCUT2D eigenvalue weighted by molar-refractivity contribution is 6.30. The molecule has 0 atom stereocenters. The normalized spacial score (nSPS) is 11.3. The fraction of sp³-hybridized carbons (Fsp3) is 0.154. The van der Waals surface area contributed by atoms with E-state index in [1.54, 1.807) is 0 Å². The first-order chi connectivity index (χ1) is 10.2. The van der Waals surface area contributed by atoms with Crippen molar-refractivity contribution in [3.63, 3.8) is 0 Å². The molecule has 116 valence electrons. The molecule has 0 saturated carbocycles. The van der Waals surface area contributed by atoms with E-state index in [0.717, 1.165) is 12.3 Å². The molecule has 0 aliphatic carbocycles. The predicted octanol–water partition coefficient (Wildman–Crippen LogP) is 3.00. The Hall–Kier alpha value is -2.35. The minimum atomic E-state index is -4.70. The molecular formula is C13H9ClF3N3O2. The summed E-state index contributed by atoms with van der Waals surface area (Å²) in [5.41, 5.74) is -2.74. The Balaban J connectivity index is 2.39. The zero-order valence-corrected chi connectivity index (χ0v) is 11.8. The van der Waals surface area contributed by atoms with E-state index >= 15 is 0 Å². The number of halogens is 4. The maximum absolute atomic E-state index is 12.9. The number of alkyl halides is 3. The number of carbonyl (C=O) groups excluding carboxylic acids is 1. The summed E-state index contributed by atoms with van der Waals surface area (Å²) in [7, 11) is 0. The minimum absolute atomic E-state index is 0.125. The molecular weight excluding hydrogens is 323 g/mol. The molecule has 2 N–H and O–H groups in total. The zero-order chi connectivity index (χ0) is 16.5. The van der Waals surface area contributed by atoms with Gasteiger partial charge in [0.05, 0.1) is 11.3 Å². The summed E-state index contributed by atoms with van der Waals surface area (Å²) in [5, 5.41) is 1.92. The molecule has 0 saturated heterocycles. The molecule has 1 aromatic carbocycles. The third-order valence-electron chi connectivity index (χ3n) is 2.71. The molecule has 0 spiro atoms. The molecule has 22 heavy (non-hydrogen) atoms. The number of aryl methyl sites for hydroxylation is 1. The van der Waals surface area contributed by atoms with Gasteiger partial charge in [0.1, 0.15) is 11.4 Å². The van der Waals surface area contributed by atoms with Crippen LogP contribution in [-0.2, 0) is 6.18 Å². The van der Waals surface area contributed by atoms with Gasteiger partial charge >= 0.3 is 6.18 Å². The van der Waals surface area contributed by atoms with Crippen molar-refractivity contribution in [2.45, 2.75) is 13.1 Å². The first kappa shape index (κ1) is 16.0. The Kier molecular flexibility index (Phi) is 4.23. The first-order valence-electron chi connectivity index (χ1n) is 5.92. The van der Waals surface area contributed by atoms with E-state index < -0.39 is 34.5 Å². The number of hydrogen-bond acceptors (Lipinski definition) is 3. The monoisotopic (exact) mass is 331 g/mol. The summed E-state index contributed by atoms with van der Waals surface area (Å²) in [6.45, 7) is 1.50. The van der Waals surface area contributed by atoms with E-state index in [9.17, 15) is 22.8 Å². The van der Waals surface area contributed by atoms with Crippen LogP contribution in [0.5, 0.6) is 0 Å². The highest BCUT2D eigenvalue weighted by atomic mass is 35.5. The number of rotatable bonds is 2. The third kappa shape index (κ3) is 3.45. The number of aromatic nitrogens is 2. The topological polar surface area (TPSA) is 74.8 Å². The average molecular weight is 332 g/mol. The number of H-pyrrole nitrogens is 1. The Bertz CT molecular complexity index is 787. The number of hydrogen-bond donors (Lipinski definition) is 2. The summed E-state index contributed by atoms with van der Waals surface area (Å²) in [6.07, 6.45) is -3.71. The van der Waals surface area contributed by atoms with Crippen molar-refractivity contribution in [3.05, 3.63) is 56.7 Å². The predicted molar refractivity (Wildman–Crippen MR) is 74.0 cm³/mol. The third-order valence-corrected chi connectivity index (χ3v) is 2.94. The van der Waals surface area contributed by atoms with Crippen molar-refractivity contribution in [1.29, 1.82) is 0 Å². The maximum Gasteiger partial charge on any atom is 0.418 e. The first-order valence-corrected chi connectivity index (χ1v) is 6.30. The lowest BCUT2D eigenvalue weighted by atomic mass is 10.1. The average Bonchev–Trinajstić information content (AvgIpc) is 2.39.